The number of nitrogens with zero attached hydrogens (tertiary/aromatic N) is 1. The van der Waals surface area contributed by atoms with Crippen molar-refractivity contribution in [3.8, 4) is 0 Å². The van der Waals surface area contributed by atoms with Gasteiger partial charge in [0.1, 0.15) is 0 Å². The maximum absolute atomic E-state index is 12.0. The molecule has 0 bridgehead atoms. The van der Waals surface area contributed by atoms with Crippen LogP contribution in [0.15, 0.2) is 24.3 Å². The molecule has 1 fully saturated rings. The SMILES string of the molecule is CNCC1CN(CC(=O)Nc2cccc(Cl)c2)CCO1. The molecule has 6 heteroatoms. The molecule has 5 nitrogen and oxygen atoms in total. The van der Waals surface area contributed by atoms with Crippen molar-refractivity contribution in [1.29, 1.82) is 0 Å². The first-order valence-corrected chi connectivity index (χ1v) is 7.09. The third-order valence-electron chi connectivity index (χ3n) is 3.13. The first kappa shape index (κ1) is 15.3. The van der Waals surface area contributed by atoms with E-state index in [0.717, 1.165) is 25.3 Å². The van der Waals surface area contributed by atoms with Crippen molar-refractivity contribution in [3.05, 3.63) is 29.3 Å². The highest BCUT2D eigenvalue weighted by molar-refractivity contribution is 6.30. The number of morpholine rings is 1. The predicted molar refractivity (Wildman–Crippen MR) is 80.2 cm³/mol. The Bertz CT molecular complexity index is 454. The summed E-state index contributed by atoms with van der Waals surface area (Å²) in [5, 5.41) is 6.56. The monoisotopic (exact) mass is 297 g/mol. The minimum absolute atomic E-state index is 0.0302. The number of carbonyl (C=O) groups excluding carboxylic acids is 1. The highest BCUT2D eigenvalue weighted by Crippen LogP contribution is 2.15. The number of anilines is 1. The Balaban J connectivity index is 1.82. The second kappa shape index (κ2) is 7.59. The predicted octanol–water partition coefficient (Wildman–Crippen LogP) is 1.20. The van der Waals surface area contributed by atoms with Crippen LogP contribution in [0.2, 0.25) is 5.02 Å². The van der Waals surface area contributed by atoms with Crippen molar-refractivity contribution >= 4 is 23.2 Å². The molecule has 1 aliphatic rings. The van der Waals surface area contributed by atoms with E-state index in [1.54, 1.807) is 12.1 Å². The average Bonchev–Trinajstić information content (AvgIpc) is 2.39. The van der Waals surface area contributed by atoms with Crippen molar-refractivity contribution < 1.29 is 9.53 Å². The molecule has 1 aromatic carbocycles. The van der Waals surface area contributed by atoms with Gasteiger partial charge in [0, 0.05) is 30.3 Å². The van der Waals surface area contributed by atoms with Crippen molar-refractivity contribution in [1.82, 2.24) is 10.2 Å². The van der Waals surface area contributed by atoms with Gasteiger partial charge in [-0.2, -0.15) is 0 Å². The minimum Gasteiger partial charge on any atom is -0.374 e. The summed E-state index contributed by atoms with van der Waals surface area (Å²) < 4.78 is 5.61. The topological polar surface area (TPSA) is 53.6 Å². The van der Waals surface area contributed by atoms with Gasteiger partial charge in [-0.05, 0) is 25.2 Å². The molecular weight excluding hydrogens is 278 g/mol. The van der Waals surface area contributed by atoms with Gasteiger partial charge in [0.15, 0.2) is 0 Å². The summed E-state index contributed by atoms with van der Waals surface area (Å²) in [7, 11) is 1.90. The lowest BCUT2D eigenvalue weighted by atomic mass is 10.2. The van der Waals surface area contributed by atoms with Crippen LogP contribution in [-0.2, 0) is 9.53 Å². The zero-order valence-electron chi connectivity index (χ0n) is 11.6. The fraction of sp³-hybridized carbons (Fsp3) is 0.500. The second-order valence-corrected chi connectivity index (χ2v) is 5.28. The van der Waals surface area contributed by atoms with Crippen LogP contribution >= 0.6 is 11.6 Å². The van der Waals surface area contributed by atoms with E-state index in [1.807, 2.05) is 19.2 Å². The molecule has 1 aliphatic heterocycles. The smallest absolute Gasteiger partial charge is 0.238 e. The number of carbonyl (C=O) groups is 1. The van der Waals surface area contributed by atoms with Crippen molar-refractivity contribution in [2.24, 2.45) is 0 Å². The van der Waals surface area contributed by atoms with Gasteiger partial charge in [0.05, 0.1) is 19.3 Å². The quantitative estimate of drug-likeness (QED) is 0.857. The molecule has 0 radical (unpaired) electrons. The zero-order chi connectivity index (χ0) is 14.4. The summed E-state index contributed by atoms with van der Waals surface area (Å²) >= 11 is 5.89. The van der Waals surface area contributed by atoms with Crippen LogP contribution in [-0.4, -0.2) is 56.7 Å². The van der Waals surface area contributed by atoms with Crippen molar-refractivity contribution in [3.63, 3.8) is 0 Å². The van der Waals surface area contributed by atoms with E-state index in [0.29, 0.717) is 18.2 Å². The highest BCUT2D eigenvalue weighted by atomic mass is 35.5. The Labute approximate surface area is 124 Å². The number of nitrogens with one attached hydrogen (secondary N) is 2. The molecule has 1 unspecified atom stereocenters. The van der Waals surface area contributed by atoms with Gasteiger partial charge in [0.2, 0.25) is 5.91 Å². The largest absolute Gasteiger partial charge is 0.374 e. The van der Waals surface area contributed by atoms with Crippen LogP contribution in [0.1, 0.15) is 0 Å². The summed E-state index contributed by atoms with van der Waals surface area (Å²) in [5.41, 5.74) is 0.725. The lowest BCUT2D eigenvalue weighted by Crippen LogP contribution is -2.48. The number of benzene rings is 1. The number of rotatable bonds is 5. The van der Waals surface area contributed by atoms with Crippen LogP contribution in [0.4, 0.5) is 5.69 Å². The number of hydrogen-bond donors (Lipinski definition) is 2. The first-order chi connectivity index (χ1) is 9.67. The van der Waals surface area contributed by atoms with E-state index in [-0.39, 0.29) is 12.0 Å². The second-order valence-electron chi connectivity index (χ2n) is 4.84. The number of ether oxygens (including phenoxy) is 1. The molecule has 1 aromatic rings. The maximum Gasteiger partial charge on any atom is 0.238 e. The summed E-state index contributed by atoms with van der Waals surface area (Å²) in [6, 6.07) is 7.16. The molecule has 0 saturated carbocycles. The van der Waals surface area contributed by atoms with Crippen LogP contribution < -0.4 is 10.6 Å². The Hall–Kier alpha value is -1.14. The van der Waals surface area contributed by atoms with E-state index in [1.165, 1.54) is 0 Å². The summed E-state index contributed by atoms with van der Waals surface area (Å²) in [6.07, 6.45) is 0.146. The Kier molecular flexibility index (Phi) is 5.79. The van der Waals surface area contributed by atoms with Gasteiger partial charge in [-0.3, -0.25) is 9.69 Å². The number of amides is 1. The Morgan fingerprint density at radius 2 is 2.40 bits per heavy atom. The highest BCUT2D eigenvalue weighted by Gasteiger charge is 2.21. The van der Waals surface area contributed by atoms with Gasteiger partial charge in [-0.15, -0.1) is 0 Å². The van der Waals surface area contributed by atoms with E-state index in [9.17, 15) is 4.79 Å². The standard InChI is InChI=1S/C14H20ClN3O2/c1-16-8-13-9-18(5-6-20-13)10-14(19)17-12-4-2-3-11(15)7-12/h2-4,7,13,16H,5-6,8-10H2,1H3,(H,17,19). The van der Waals surface area contributed by atoms with Crippen molar-refractivity contribution in [2.45, 2.75) is 6.10 Å². The van der Waals surface area contributed by atoms with Gasteiger partial charge in [-0.25, -0.2) is 0 Å². The van der Waals surface area contributed by atoms with E-state index < -0.39 is 0 Å². The Morgan fingerprint density at radius 1 is 1.55 bits per heavy atom. The van der Waals surface area contributed by atoms with Gasteiger partial charge < -0.3 is 15.4 Å². The molecule has 2 N–H and O–H groups in total. The zero-order valence-corrected chi connectivity index (χ0v) is 12.3. The molecule has 1 amide bonds. The number of hydrogen-bond acceptors (Lipinski definition) is 4. The summed E-state index contributed by atoms with van der Waals surface area (Å²) in [4.78, 5) is 14.1. The lowest BCUT2D eigenvalue weighted by Gasteiger charge is -2.32. The molecule has 2 rings (SSSR count). The van der Waals surface area contributed by atoms with Crippen molar-refractivity contribution in [2.75, 3.05) is 45.2 Å². The number of likely N-dealkylation sites (N-methyl/N-ethyl adjacent to an activating group) is 1. The van der Waals surface area contributed by atoms with Crippen LogP contribution in [0.3, 0.4) is 0 Å². The fourth-order valence-corrected chi connectivity index (χ4v) is 2.44. The first-order valence-electron chi connectivity index (χ1n) is 6.71. The molecule has 20 heavy (non-hydrogen) atoms. The van der Waals surface area contributed by atoms with E-state index in [4.69, 9.17) is 16.3 Å². The minimum atomic E-state index is -0.0302. The van der Waals surface area contributed by atoms with E-state index >= 15 is 0 Å². The molecule has 110 valence electrons. The third kappa shape index (κ3) is 4.76. The Morgan fingerprint density at radius 3 is 3.15 bits per heavy atom. The third-order valence-corrected chi connectivity index (χ3v) is 3.37. The normalized spacial score (nSPS) is 19.8. The molecule has 1 heterocycles. The van der Waals surface area contributed by atoms with Crippen LogP contribution in [0.5, 0.6) is 0 Å². The molecule has 1 saturated heterocycles. The molecule has 1 atom stereocenters. The molecular formula is C14H20ClN3O2. The van der Waals surface area contributed by atoms with E-state index in [2.05, 4.69) is 15.5 Å². The molecule has 0 aliphatic carbocycles. The summed E-state index contributed by atoms with van der Waals surface area (Å²) in [5.74, 6) is -0.0302. The van der Waals surface area contributed by atoms with Crippen LogP contribution in [0, 0.1) is 0 Å². The van der Waals surface area contributed by atoms with Gasteiger partial charge >= 0.3 is 0 Å². The lowest BCUT2D eigenvalue weighted by molar-refractivity contribution is -0.119. The summed E-state index contributed by atoms with van der Waals surface area (Å²) in [6.45, 7) is 3.38. The molecule has 0 spiro atoms. The fourth-order valence-electron chi connectivity index (χ4n) is 2.25. The number of halogens is 1. The average molecular weight is 298 g/mol. The van der Waals surface area contributed by atoms with Crippen LogP contribution in [0.25, 0.3) is 0 Å². The molecule has 0 aromatic heterocycles. The van der Waals surface area contributed by atoms with Gasteiger partial charge in [-0.1, -0.05) is 17.7 Å². The van der Waals surface area contributed by atoms with Gasteiger partial charge in [0.25, 0.3) is 0 Å². The maximum atomic E-state index is 12.0.